The third kappa shape index (κ3) is 3.11. The molecule has 1 aliphatic rings. The lowest BCUT2D eigenvalue weighted by Gasteiger charge is -2.34. The van der Waals surface area contributed by atoms with Crippen molar-refractivity contribution in [3.8, 4) is 6.07 Å². The van der Waals surface area contributed by atoms with Crippen LogP contribution in [0.1, 0.15) is 44.6 Å². The predicted molar refractivity (Wildman–Crippen MR) is 75.9 cm³/mol. The summed E-state index contributed by atoms with van der Waals surface area (Å²) in [5.41, 5.74) is 1.01. The van der Waals surface area contributed by atoms with Gasteiger partial charge < -0.3 is 0 Å². The van der Waals surface area contributed by atoms with Crippen molar-refractivity contribution in [1.29, 1.82) is 5.26 Å². The van der Waals surface area contributed by atoms with Gasteiger partial charge in [-0.05, 0) is 65.6 Å². The summed E-state index contributed by atoms with van der Waals surface area (Å²) in [6, 6.07) is 4.67. The van der Waals surface area contributed by atoms with Gasteiger partial charge in [0.2, 0.25) is 0 Å². The van der Waals surface area contributed by atoms with Crippen molar-refractivity contribution in [1.82, 2.24) is 4.98 Å². The second-order valence-corrected chi connectivity index (χ2v) is 6.35. The first kappa shape index (κ1) is 13.5. The van der Waals surface area contributed by atoms with E-state index in [9.17, 15) is 5.26 Å². The van der Waals surface area contributed by atoms with Crippen LogP contribution in [0, 0.1) is 22.7 Å². The molecule has 1 aromatic heterocycles. The zero-order valence-corrected chi connectivity index (χ0v) is 12.4. The number of nitrogens with zero attached hydrogens (tertiary/aromatic N) is 2. The number of rotatable bonds is 3. The number of hydrogen-bond donors (Lipinski definition) is 0. The van der Waals surface area contributed by atoms with E-state index in [2.05, 4.69) is 40.0 Å². The van der Waals surface area contributed by atoms with Gasteiger partial charge in [-0.1, -0.05) is 13.3 Å². The molecule has 0 unspecified atom stereocenters. The van der Waals surface area contributed by atoms with Crippen molar-refractivity contribution in [2.45, 2.75) is 45.4 Å². The lowest BCUT2D eigenvalue weighted by Crippen LogP contribution is -2.28. The molecule has 0 N–H and O–H groups in total. The molecule has 1 aromatic rings. The van der Waals surface area contributed by atoms with Gasteiger partial charge in [0.15, 0.2) is 0 Å². The molecule has 1 heterocycles. The Morgan fingerprint density at radius 2 is 2.17 bits per heavy atom. The molecule has 0 amide bonds. The quantitative estimate of drug-likeness (QED) is 0.824. The Morgan fingerprint density at radius 1 is 1.44 bits per heavy atom. The topological polar surface area (TPSA) is 36.7 Å². The molecule has 1 fully saturated rings. The Balaban J connectivity index is 2.08. The van der Waals surface area contributed by atoms with E-state index in [-0.39, 0.29) is 5.41 Å². The molecule has 0 atom stereocenters. The maximum absolute atomic E-state index is 9.55. The van der Waals surface area contributed by atoms with Crippen molar-refractivity contribution < 1.29 is 0 Å². The largest absolute Gasteiger partial charge is 0.263 e. The lowest BCUT2D eigenvalue weighted by atomic mass is 9.68. The van der Waals surface area contributed by atoms with Gasteiger partial charge in [-0.3, -0.25) is 4.98 Å². The van der Waals surface area contributed by atoms with E-state index in [4.69, 9.17) is 0 Å². The number of aromatic nitrogens is 1. The summed E-state index contributed by atoms with van der Waals surface area (Å²) < 4.78 is 0.996. The van der Waals surface area contributed by atoms with Crippen LogP contribution in [0.2, 0.25) is 0 Å². The average Bonchev–Trinajstić information content (AvgIpc) is 2.39. The zero-order chi connectivity index (χ0) is 13.0. The minimum Gasteiger partial charge on any atom is -0.263 e. The van der Waals surface area contributed by atoms with E-state index in [0.717, 1.165) is 29.7 Å². The molecule has 2 nitrogen and oxygen atoms in total. The van der Waals surface area contributed by atoms with Gasteiger partial charge in [-0.2, -0.15) is 5.26 Å². The Kier molecular flexibility index (Phi) is 4.40. The first-order valence-electron chi connectivity index (χ1n) is 6.68. The van der Waals surface area contributed by atoms with Crippen molar-refractivity contribution >= 4 is 15.9 Å². The second-order valence-electron chi connectivity index (χ2n) is 5.43. The molecule has 3 heteroatoms. The second kappa shape index (κ2) is 5.84. The molecule has 18 heavy (non-hydrogen) atoms. The van der Waals surface area contributed by atoms with Gasteiger partial charge in [0.25, 0.3) is 0 Å². The molecule has 1 aliphatic carbocycles. The molecule has 0 aliphatic heterocycles. The summed E-state index contributed by atoms with van der Waals surface area (Å²) >= 11 is 3.44. The summed E-state index contributed by atoms with van der Waals surface area (Å²) in [5, 5.41) is 9.55. The summed E-state index contributed by atoms with van der Waals surface area (Å²) in [7, 11) is 0. The van der Waals surface area contributed by atoms with Gasteiger partial charge in [0, 0.05) is 16.9 Å². The standard InChI is InChI=1S/C15H19BrN2/c1-2-12-3-5-15(11-17,6-4-12)8-13-7-14(16)10-18-9-13/h7,9-10,12H,2-6,8H2,1H3. The molecule has 0 aromatic carbocycles. The number of hydrogen-bond acceptors (Lipinski definition) is 2. The van der Waals surface area contributed by atoms with Crippen LogP contribution in [0.15, 0.2) is 22.9 Å². The molecule has 0 spiro atoms. The van der Waals surface area contributed by atoms with Gasteiger partial charge >= 0.3 is 0 Å². The van der Waals surface area contributed by atoms with Gasteiger partial charge in [0.05, 0.1) is 11.5 Å². The van der Waals surface area contributed by atoms with Crippen molar-refractivity contribution in [3.05, 3.63) is 28.5 Å². The molecule has 0 saturated heterocycles. The SMILES string of the molecule is CCC1CCC(C#N)(Cc2cncc(Br)c2)CC1. The minimum atomic E-state index is -0.159. The Morgan fingerprint density at radius 3 is 2.72 bits per heavy atom. The third-order valence-corrected chi connectivity index (χ3v) is 4.61. The van der Waals surface area contributed by atoms with E-state index in [1.807, 2.05) is 6.20 Å². The summed E-state index contributed by atoms with van der Waals surface area (Å²) in [5.74, 6) is 0.826. The van der Waals surface area contributed by atoms with E-state index in [1.54, 1.807) is 6.20 Å². The number of pyridine rings is 1. The van der Waals surface area contributed by atoms with Crippen LogP contribution in [-0.2, 0) is 6.42 Å². The number of halogens is 1. The van der Waals surface area contributed by atoms with Gasteiger partial charge in [-0.25, -0.2) is 0 Å². The smallest absolute Gasteiger partial charge is 0.0693 e. The highest BCUT2D eigenvalue weighted by Crippen LogP contribution is 2.42. The molecular weight excluding hydrogens is 288 g/mol. The Labute approximate surface area is 118 Å². The van der Waals surface area contributed by atoms with Crippen molar-refractivity contribution in [3.63, 3.8) is 0 Å². The lowest BCUT2D eigenvalue weighted by molar-refractivity contribution is 0.205. The highest BCUT2D eigenvalue weighted by Gasteiger charge is 2.35. The summed E-state index contributed by atoms with van der Waals surface area (Å²) in [6.45, 7) is 2.25. The van der Waals surface area contributed by atoms with Crippen LogP contribution < -0.4 is 0 Å². The Hall–Kier alpha value is -0.880. The maximum Gasteiger partial charge on any atom is 0.0693 e. The molecule has 96 valence electrons. The fourth-order valence-corrected chi connectivity index (χ4v) is 3.32. The normalized spacial score (nSPS) is 27.7. The molecule has 0 bridgehead atoms. The molecular formula is C15H19BrN2. The minimum absolute atomic E-state index is 0.159. The van der Waals surface area contributed by atoms with Crippen LogP contribution in [0.5, 0.6) is 0 Å². The highest BCUT2D eigenvalue weighted by atomic mass is 79.9. The highest BCUT2D eigenvalue weighted by molar-refractivity contribution is 9.10. The average molecular weight is 307 g/mol. The van der Waals surface area contributed by atoms with Crippen molar-refractivity contribution in [2.75, 3.05) is 0 Å². The predicted octanol–water partition coefficient (Wildman–Crippen LogP) is 4.50. The molecule has 2 rings (SSSR count). The summed E-state index contributed by atoms with van der Waals surface area (Å²) in [4.78, 5) is 4.19. The van der Waals surface area contributed by atoms with E-state index < -0.39 is 0 Å². The van der Waals surface area contributed by atoms with Gasteiger partial charge in [0.1, 0.15) is 0 Å². The van der Waals surface area contributed by atoms with Crippen LogP contribution in [0.25, 0.3) is 0 Å². The van der Waals surface area contributed by atoms with Crippen LogP contribution in [-0.4, -0.2) is 4.98 Å². The van der Waals surface area contributed by atoms with Crippen LogP contribution in [0.4, 0.5) is 0 Å². The summed E-state index contributed by atoms with van der Waals surface area (Å²) in [6.07, 6.45) is 10.2. The van der Waals surface area contributed by atoms with E-state index in [1.165, 1.54) is 24.8 Å². The molecule has 0 radical (unpaired) electrons. The zero-order valence-electron chi connectivity index (χ0n) is 10.8. The fraction of sp³-hybridized carbons (Fsp3) is 0.600. The monoisotopic (exact) mass is 306 g/mol. The molecule has 1 saturated carbocycles. The van der Waals surface area contributed by atoms with Crippen LogP contribution in [0.3, 0.4) is 0 Å². The van der Waals surface area contributed by atoms with Gasteiger partial charge in [-0.15, -0.1) is 0 Å². The Bertz CT molecular complexity index is 442. The van der Waals surface area contributed by atoms with Crippen molar-refractivity contribution in [2.24, 2.45) is 11.3 Å². The maximum atomic E-state index is 9.55. The van der Waals surface area contributed by atoms with Crippen LogP contribution >= 0.6 is 15.9 Å². The van der Waals surface area contributed by atoms with E-state index in [0.29, 0.717) is 0 Å². The first-order valence-corrected chi connectivity index (χ1v) is 7.47. The first-order chi connectivity index (χ1) is 8.67. The number of nitriles is 1. The third-order valence-electron chi connectivity index (χ3n) is 4.18. The fourth-order valence-electron chi connectivity index (χ4n) is 2.91. The van der Waals surface area contributed by atoms with E-state index >= 15 is 0 Å².